The SMILES string of the molecule is Cc1cc(F)cc(Cc2cc3ccc(-c4cn(C5CC5)c5ncnc(N)c45)c(F)c3cn2)c1. The van der Waals surface area contributed by atoms with Crippen molar-refractivity contribution < 1.29 is 8.78 Å². The van der Waals surface area contributed by atoms with Gasteiger partial charge >= 0.3 is 0 Å². The van der Waals surface area contributed by atoms with Gasteiger partial charge in [0.05, 0.1) is 5.39 Å². The molecule has 0 bridgehead atoms. The quantitative estimate of drug-likeness (QED) is 0.386. The number of rotatable bonds is 4. The van der Waals surface area contributed by atoms with Crippen molar-refractivity contribution in [3.63, 3.8) is 0 Å². The largest absolute Gasteiger partial charge is 0.383 e. The molecule has 2 aromatic carbocycles. The lowest BCUT2D eigenvalue weighted by Gasteiger charge is -2.09. The fourth-order valence-electron chi connectivity index (χ4n) is 4.60. The van der Waals surface area contributed by atoms with Crippen LogP contribution < -0.4 is 5.73 Å². The molecule has 2 N–H and O–H groups in total. The van der Waals surface area contributed by atoms with Gasteiger partial charge in [-0.25, -0.2) is 18.7 Å². The smallest absolute Gasteiger partial charge is 0.146 e. The van der Waals surface area contributed by atoms with Crippen molar-refractivity contribution in [1.29, 1.82) is 0 Å². The lowest BCUT2D eigenvalue weighted by atomic mass is 10.00. The second-order valence-corrected chi connectivity index (χ2v) is 8.78. The lowest BCUT2D eigenvalue weighted by Crippen LogP contribution is -1.97. The molecule has 0 spiro atoms. The third-order valence-corrected chi connectivity index (χ3v) is 6.25. The van der Waals surface area contributed by atoms with Gasteiger partial charge < -0.3 is 10.3 Å². The van der Waals surface area contributed by atoms with Gasteiger partial charge in [0.25, 0.3) is 0 Å². The Morgan fingerprint density at radius 2 is 1.88 bits per heavy atom. The van der Waals surface area contributed by atoms with Crippen LogP contribution >= 0.6 is 0 Å². The highest BCUT2D eigenvalue weighted by Crippen LogP contribution is 2.43. The molecule has 1 aliphatic rings. The number of aromatic nitrogens is 4. The molecule has 3 aromatic heterocycles. The van der Waals surface area contributed by atoms with Crippen molar-refractivity contribution in [2.75, 3.05) is 5.73 Å². The summed E-state index contributed by atoms with van der Waals surface area (Å²) in [6.45, 7) is 1.86. The Balaban J connectivity index is 1.44. The van der Waals surface area contributed by atoms with Gasteiger partial charge in [0.15, 0.2) is 0 Å². The van der Waals surface area contributed by atoms with E-state index in [1.54, 1.807) is 12.3 Å². The normalized spacial score (nSPS) is 13.8. The molecule has 0 saturated heterocycles. The van der Waals surface area contributed by atoms with Gasteiger partial charge in [0.1, 0.15) is 29.4 Å². The Bertz CT molecular complexity index is 1530. The van der Waals surface area contributed by atoms with Crippen molar-refractivity contribution in [2.45, 2.75) is 32.2 Å². The van der Waals surface area contributed by atoms with Crippen LogP contribution in [0.5, 0.6) is 0 Å². The Labute approximate surface area is 188 Å². The fraction of sp³-hybridized carbons (Fsp3) is 0.192. The minimum Gasteiger partial charge on any atom is -0.383 e. The molecule has 0 unspecified atom stereocenters. The second kappa shape index (κ2) is 7.33. The van der Waals surface area contributed by atoms with E-state index in [2.05, 4.69) is 19.5 Å². The van der Waals surface area contributed by atoms with Gasteiger partial charge in [-0.2, -0.15) is 0 Å². The van der Waals surface area contributed by atoms with E-state index < -0.39 is 0 Å². The van der Waals surface area contributed by atoms with Crippen LogP contribution in [0.4, 0.5) is 14.6 Å². The molecule has 7 heteroatoms. The Morgan fingerprint density at radius 3 is 2.67 bits per heavy atom. The van der Waals surface area contributed by atoms with E-state index in [0.29, 0.717) is 40.2 Å². The highest BCUT2D eigenvalue weighted by molar-refractivity contribution is 6.02. The molecule has 164 valence electrons. The number of halogens is 2. The molecule has 0 atom stereocenters. The first kappa shape index (κ1) is 19.8. The van der Waals surface area contributed by atoms with Crippen molar-refractivity contribution in [3.8, 4) is 11.1 Å². The predicted octanol–water partition coefficient (Wildman–Crippen LogP) is 5.74. The topological polar surface area (TPSA) is 69.6 Å². The van der Waals surface area contributed by atoms with E-state index in [1.807, 2.05) is 31.3 Å². The minimum atomic E-state index is -0.355. The number of nitrogens with two attached hydrogens (primary N) is 1. The standard InChI is InChI=1S/C26H21F2N5/c1-14-6-15(8-17(27)7-14)9-18-10-16-2-5-20(24(28)21(16)11-30-18)22-12-33(19-3-4-19)26-23(22)25(29)31-13-32-26/h2,5-8,10-13,19H,3-4,9H2,1H3,(H2,29,31,32). The van der Waals surface area contributed by atoms with Crippen LogP contribution in [0.25, 0.3) is 32.9 Å². The summed E-state index contributed by atoms with van der Waals surface area (Å²) in [5, 5.41) is 1.84. The predicted molar refractivity (Wildman–Crippen MR) is 125 cm³/mol. The first-order valence-electron chi connectivity index (χ1n) is 10.9. The summed E-state index contributed by atoms with van der Waals surface area (Å²) in [7, 11) is 0. The maximum absolute atomic E-state index is 15.7. The maximum atomic E-state index is 15.7. The molecule has 6 rings (SSSR count). The van der Waals surface area contributed by atoms with E-state index in [-0.39, 0.29) is 11.6 Å². The summed E-state index contributed by atoms with van der Waals surface area (Å²) < 4.78 is 31.6. The molecule has 0 radical (unpaired) electrons. The van der Waals surface area contributed by atoms with E-state index in [0.717, 1.165) is 40.7 Å². The Morgan fingerprint density at radius 1 is 1.03 bits per heavy atom. The van der Waals surface area contributed by atoms with Crippen LogP contribution in [0.1, 0.15) is 35.7 Å². The molecule has 3 heterocycles. The fourth-order valence-corrected chi connectivity index (χ4v) is 4.60. The van der Waals surface area contributed by atoms with Crippen molar-refractivity contribution in [3.05, 3.63) is 83.6 Å². The van der Waals surface area contributed by atoms with E-state index in [9.17, 15) is 4.39 Å². The minimum absolute atomic E-state index is 0.268. The van der Waals surface area contributed by atoms with Gasteiger partial charge in [-0.05, 0) is 54.5 Å². The van der Waals surface area contributed by atoms with Crippen molar-refractivity contribution >= 4 is 27.6 Å². The number of hydrogen-bond donors (Lipinski definition) is 1. The van der Waals surface area contributed by atoms with Crippen molar-refractivity contribution in [1.82, 2.24) is 19.5 Å². The van der Waals surface area contributed by atoms with Gasteiger partial charge in [0, 0.05) is 47.1 Å². The molecule has 1 fully saturated rings. The summed E-state index contributed by atoms with van der Waals surface area (Å²) in [4.78, 5) is 13.0. The van der Waals surface area contributed by atoms with Gasteiger partial charge in [-0.1, -0.05) is 18.2 Å². The monoisotopic (exact) mass is 441 g/mol. The zero-order valence-corrected chi connectivity index (χ0v) is 18.0. The van der Waals surface area contributed by atoms with Gasteiger partial charge in [-0.3, -0.25) is 4.98 Å². The number of nitrogens with zero attached hydrogens (tertiary/aromatic N) is 4. The summed E-state index contributed by atoms with van der Waals surface area (Å²) in [5.74, 6) is -0.283. The van der Waals surface area contributed by atoms with Crippen LogP contribution in [0, 0.1) is 18.6 Å². The van der Waals surface area contributed by atoms with Gasteiger partial charge in [0.2, 0.25) is 0 Å². The lowest BCUT2D eigenvalue weighted by molar-refractivity contribution is 0.624. The number of nitrogen functional groups attached to an aromatic ring is 1. The van der Waals surface area contributed by atoms with E-state index >= 15 is 4.39 Å². The number of pyridine rings is 1. The molecule has 1 saturated carbocycles. The first-order chi connectivity index (χ1) is 16.0. The summed E-state index contributed by atoms with van der Waals surface area (Å²) in [6, 6.07) is 10.8. The van der Waals surface area contributed by atoms with Crippen LogP contribution in [0.15, 0.2) is 55.1 Å². The molecule has 5 nitrogen and oxygen atoms in total. The average molecular weight is 441 g/mol. The highest BCUT2D eigenvalue weighted by atomic mass is 19.1. The molecular weight excluding hydrogens is 420 g/mol. The Kier molecular flexibility index (Phi) is 4.40. The zero-order valence-electron chi connectivity index (χ0n) is 18.0. The van der Waals surface area contributed by atoms with E-state index in [4.69, 9.17) is 5.73 Å². The number of anilines is 1. The number of benzene rings is 2. The summed E-state index contributed by atoms with van der Waals surface area (Å²) in [5.41, 5.74) is 10.5. The summed E-state index contributed by atoms with van der Waals surface area (Å²) >= 11 is 0. The molecule has 33 heavy (non-hydrogen) atoms. The number of fused-ring (bicyclic) bond motifs is 2. The molecule has 0 amide bonds. The Hall–Kier alpha value is -3.87. The van der Waals surface area contributed by atoms with E-state index in [1.165, 1.54) is 18.5 Å². The average Bonchev–Trinajstić information content (AvgIpc) is 3.54. The third-order valence-electron chi connectivity index (χ3n) is 6.25. The number of aryl methyl sites for hydroxylation is 1. The third kappa shape index (κ3) is 3.40. The van der Waals surface area contributed by atoms with Gasteiger partial charge in [-0.15, -0.1) is 0 Å². The van der Waals surface area contributed by atoms with Crippen LogP contribution in [0.2, 0.25) is 0 Å². The molecule has 5 aromatic rings. The highest BCUT2D eigenvalue weighted by Gasteiger charge is 2.28. The maximum Gasteiger partial charge on any atom is 0.146 e. The molecule has 1 aliphatic carbocycles. The van der Waals surface area contributed by atoms with Crippen LogP contribution in [0.3, 0.4) is 0 Å². The number of hydrogen-bond acceptors (Lipinski definition) is 4. The van der Waals surface area contributed by atoms with Crippen LogP contribution in [-0.4, -0.2) is 19.5 Å². The van der Waals surface area contributed by atoms with Crippen LogP contribution in [-0.2, 0) is 6.42 Å². The first-order valence-corrected chi connectivity index (χ1v) is 10.9. The summed E-state index contributed by atoms with van der Waals surface area (Å²) in [6.07, 6.45) is 7.56. The molecular formula is C26H21F2N5. The zero-order chi connectivity index (χ0) is 22.7. The van der Waals surface area contributed by atoms with Crippen molar-refractivity contribution in [2.24, 2.45) is 0 Å². The molecule has 0 aliphatic heterocycles. The second-order valence-electron chi connectivity index (χ2n) is 8.78.